The summed E-state index contributed by atoms with van der Waals surface area (Å²) in [5.74, 6) is 0.393. The second kappa shape index (κ2) is 6.59. The summed E-state index contributed by atoms with van der Waals surface area (Å²) in [6.07, 6.45) is 7.46. The van der Waals surface area contributed by atoms with E-state index in [1.54, 1.807) is 6.26 Å². The third-order valence-electron chi connectivity index (χ3n) is 4.74. The van der Waals surface area contributed by atoms with Crippen LogP contribution < -0.4 is 0 Å². The molecular formula is C20H21N3O2. The van der Waals surface area contributed by atoms with Crippen molar-refractivity contribution in [1.82, 2.24) is 14.7 Å². The van der Waals surface area contributed by atoms with Crippen LogP contribution in [0, 0.1) is 6.92 Å². The first-order valence-electron chi connectivity index (χ1n) is 8.65. The van der Waals surface area contributed by atoms with Crippen molar-refractivity contribution in [2.24, 2.45) is 0 Å². The Kier molecular flexibility index (Phi) is 4.14. The van der Waals surface area contributed by atoms with Crippen molar-refractivity contribution in [3.8, 4) is 11.1 Å². The average Bonchev–Trinajstić information content (AvgIpc) is 3.36. The van der Waals surface area contributed by atoms with Gasteiger partial charge in [0.05, 0.1) is 25.0 Å². The Bertz CT molecular complexity index is 866. The van der Waals surface area contributed by atoms with Gasteiger partial charge >= 0.3 is 0 Å². The fraction of sp³-hybridized carbons (Fsp3) is 0.300. The molecular weight excluding hydrogens is 314 g/mol. The summed E-state index contributed by atoms with van der Waals surface area (Å²) in [5, 5.41) is 4.36. The highest BCUT2D eigenvalue weighted by Crippen LogP contribution is 2.29. The lowest BCUT2D eigenvalue weighted by Gasteiger charge is -2.24. The van der Waals surface area contributed by atoms with Gasteiger partial charge in [-0.2, -0.15) is 5.10 Å². The highest BCUT2D eigenvalue weighted by Gasteiger charge is 2.32. The van der Waals surface area contributed by atoms with Crippen LogP contribution in [-0.2, 0) is 6.54 Å². The number of furan rings is 1. The first-order valence-corrected chi connectivity index (χ1v) is 8.65. The third-order valence-corrected chi connectivity index (χ3v) is 4.74. The van der Waals surface area contributed by atoms with Gasteiger partial charge in [-0.05, 0) is 37.0 Å². The number of nitrogens with zero attached hydrogens (tertiary/aromatic N) is 3. The number of likely N-dealkylation sites (tertiary alicyclic amines) is 1. The first kappa shape index (κ1) is 15.7. The van der Waals surface area contributed by atoms with Crippen molar-refractivity contribution < 1.29 is 9.21 Å². The second-order valence-electron chi connectivity index (χ2n) is 6.56. The van der Waals surface area contributed by atoms with E-state index < -0.39 is 0 Å². The molecule has 0 spiro atoms. The van der Waals surface area contributed by atoms with Gasteiger partial charge in [-0.1, -0.05) is 30.3 Å². The summed E-state index contributed by atoms with van der Waals surface area (Å²) >= 11 is 0. The predicted molar refractivity (Wildman–Crippen MR) is 95.2 cm³/mol. The molecule has 0 radical (unpaired) electrons. The Morgan fingerprint density at radius 2 is 2.12 bits per heavy atom. The maximum atomic E-state index is 13.1. The molecule has 1 fully saturated rings. The van der Waals surface area contributed by atoms with Crippen LogP contribution in [0.2, 0.25) is 0 Å². The van der Waals surface area contributed by atoms with Crippen LogP contribution >= 0.6 is 0 Å². The molecule has 0 unspecified atom stereocenters. The number of hydrogen-bond acceptors (Lipinski definition) is 3. The molecule has 1 saturated heterocycles. The Morgan fingerprint density at radius 3 is 2.88 bits per heavy atom. The fourth-order valence-corrected chi connectivity index (χ4v) is 3.53. The van der Waals surface area contributed by atoms with Crippen molar-refractivity contribution in [3.63, 3.8) is 0 Å². The fourth-order valence-electron chi connectivity index (χ4n) is 3.53. The largest absolute Gasteiger partial charge is 0.459 e. The summed E-state index contributed by atoms with van der Waals surface area (Å²) < 4.78 is 7.50. The molecule has 0 bridgehead atoms. The zero-order chi connectivity index (χ0) is 17.2. The number of aromatic nitrogens is 2. The Labute approximate surface area is 146 Å². The molecule has 4 rings (SSSR count). The number of amides is 1. The van der Waals surface area contributed by atoms with Crippen molar-refractivity contribution in [2.45, 2.75) is 32.4 Å². The smallest absolute Gasteiger partial charge is 0.290 e. The number of carbonyl (C=O) groups excluding carboxylic acids is 1. The van der Waals surface area contributed by atoms with Crippen LogP contribution in [-0.4, -0.2) is 33.2 Å². The summed E-state index contributed by atoms with van der Waals surface area (Å²) in [6.45, 7) is 3.51. The molecule has 1 aromatic carbocycles. The normalized spacial score (nSPS) is 17.2. The quantitative estimate of drug-likeness (QED) is 0.729. The topological polar surface area (TPSA) is 51.3 Å². The van der Waals surface area contributed by atoms with Crippen molar-refractivity contribution in [3.05, 3.63) is 66.4 Å². The molecule has 0 aliphatic carbocycles. The van der Waals surface area contributed by atoms with Gasteiger partial charge in [0.2, 0.25) is 0 Å². The van der Waals surface area contributed by atoms with Crippen LogP contribution in [0.4, 0.5) is 0 Å². The lowest BCUT2D eigenvalue weighted by Crippen LogP contribution is -2.38. The monoisotopic (exact) mass is 335 g/mol. The van der Waals surface area contributed by atoms with Gasteiger partial charge in [0.25, 0.3) is 5.91 Å². The van der Waals surface area contributed by atoms with Gasteiger partial charge < -0.3 is 9.32 Å². The molecule has 25 heavy (non-hydrogen) atoms. The molecule has 5 heteroatoms. The lowest BCUT2D eigenvalue weighted by molar-refractivity contribution is 0.0690. The van der Waals surface area contributed by atoms with Gasteiger partial charge in [-0.25, -0.2) is 0 Å². The van der Waals surface area contributed by atoms with Crippen molar-refractivity contribution in [2.75, 3.05) is 6.54 Å². The summed E-state index contributed by atoms with van der Waals surface area (Å²) in [7, 11) is 0. The van der Waals surface area contributed by atoms with Crippen LogP contribution in [0.1, 0.15) is 29.0 Å². The molecule has 2 aromatic heterocycles. The maximum Gasteiger partial charge on any atom is 0.290 e. The predicted octanol–water partition coefficient (Wildman–Crippen LogP) is 3.76. The van der Waals surface area contributed by atoms with Crippen LogP contribution in [0.25, 0.3) is 11.1 Å². The van der Waals surface area contributed by atoms with E-state index in [0.717, 1.165) is 42.6 Å². The average molecular weight is 335 g/mol. The Hall–Kier alpha value is -2.82. The summed E-state index contributed by atoms with van der Waals surface area (Å²) in [4.78, 5) is 15.0. The van der Waals surface area contributed by atoms with Gasteiger partial charge in [-0.3, -0.25) is 9.48 Å². The van der Waals surface area contributed by atoms with Crippen LogP contribution in [0.15, 0.2) is 59.5 Å². The van der Waals surface area contributed by atoms with Crippen LogP contribution in [0.3, 0.4) is 0 Å². The van der Waals surface area contributed by atoms with E-state index >= 15 is 0 Å². The molecule has 0 saturated carbocycles. The zero-order valence-corrected chi connectivity index (χ0v) is 14.3. The number of hydrogen-bond donors (Lipinski definition) is 0. The molecule has 3 heterocycles. The maximum absolute atomic E-state index is 13.1. The molecule has 128 valence electrons. The first-order chi connectivity index (χ1) is 12.2. The zero-order valence-electron chi connectivity index (χ0n) is 14.3. The SMILES string of the molecule is Cc1cnn(C[C@@H]2CCCN2C(=O)c2occc2-c2ccccc2)c1. The molecule has 1 aliphatic rings. The molecule has 1 aliphatic heterocycles. The van der Waals surface area contributed by atoms with Gasteiger partial charge in [0.1, 0.15) is 0 Å². The van der Waals surface area contributed by atoms with Crippen molar-refractivity contribution in [1.29, 1.82) is 0 Å². The van der Waals surface area contributed by atoms with E-state index in [2.05, 4.69) is 5.10 Å². The molecule has 1 amide bonds. The molecule has 5 nitrogen and oxygen atoms in total. The standard InChI is InChI=1S/C20H21N3O2/c1-15-12-21-22(13-15)14-17-8-5-10-23(17)20(24)19-18(9-11-25-19)16-6-3-2-4-7-16/h2-4,6-7,9,11-13,17H,5,8,10,14H2,1H3/t17-/m0/s1. The van der Waals surface area contributed by atoms with Gasteiger partial charge in [-0.15, -0.1) is 0 Å². The van der Waals surface area contributed by atoms with E-state index in [9.17, 15) is 4.79 Å². The summed E-state index contributed by atoms with van der Waals surface area (Å²) in [5.41, 5.74) is 2.98. The highest BCUT2D eigenvalue weighted by molar-refractivity contribution is 5.98. The number of benzene rings is 1. The van der Waals surface area contributed by atoms with Crippen molar-refractivity contribution >= 4 is 5.91 Å². The molecule has 1 atom stereocenters. The van der Waals surface area contributed by atoms with Crippen LogP contribution in [0.5, 0.6) is 0 Å². The van der Waals surface area contributed by atoms with E-state index in [1.165, 1.54) is 0 Å². The summed E-state index contributed by atoms with van der Waals surface area (Å²) in [6, 6.07) is 11.9. The van der Waals surface area contributed by atoms with E-state index in [1.807, 2.05) is 65.3 Å². The lowest BCUT2D eigenvalue weighted by atomic mass is 10.1. The Morgan fingerprint density at radius 1 is 1.28 bits per heavy atom. The third kappa shape index (κ3) is 3.09. The Balaban J connectivity index is 1.57. The highest BCUT2D eigenvalue weighted by atomic mass is 16.3. The van der Waals surface area contributed by atoms with Gasteiger partial charge in [0.15, 0.2) is 5.76 Å². The molecule has 0 N–H and O–H groups in total. The van der Waals surface area contributed by atoms with E-state index in [-0.39, 0.29) is 11.9 Å². The number of carbonyl (C=O) groups is 1. The minimum absolute atomic E-state index is 0.0322. The minimum Gasteiger partial charge on any atom is -0.459 e. The molecule has 3 aromatic rings. The number of aryl methyl sites for hydroxylation is 1. The minimum atomic E-state index is -0.0322. The number of rotatable bonds is 4. The van der Waals surface area contributed by atoms with E-state index in [0.29, 0.717) is 5.76 Å². The van der Waals surface area contributed by atoms with Gasteiger partial charge in [0, 0.05) is 18.3 Å². The second-order valence-corrected chi connectivity index (χ2v) is 6.56. The van der Waals surface area contributed by atoms with E-state index in [4.69, 9.17) is 4.42 Å².